The zero-order chi connectivity index (χ0) is 14.3. The topological polar surface area (TPSA) is 78.1 Å². The zero-order valence-electron chi connectivity index (χ0n) is 12.0. The van der Waals surface area contributed by atoms with Crippen LogP contribution >= 0.6 is 0 Å². The van der Waals surface area contributed by atoms with Crippen molar-refractivity contribution in [3.05, 3.63) is 17.0 Å². The van der Waals surface area contributed by atoms with Gasteiger partial charge >= 0.3 is 0 Å². The van der Waals surface area contributed by atoms with Crippen LogP contribution in [0.25, 0.3) is 0 Å². The van der Waals surface area contributed by atoms with E-state index >= 15 is 0 Å². The molecule has 0 aromatic carbocycles. The minimum absolute atomic E-state index is 0.110. The first kappa shape index (κ1) is 13.1. The molecule has 1 aliphatic carbocycles. The largest absolute Gasteiger partial charge is 0.352 e. The van der Waals surface area contributed by atoms with Crippen molar-refractivity contribution in [1.29, 1.82) is 0 Å². The Kier molecular flexibility index (Phi) is 3.03. The van der Waals surface area contributed by atoms with Gasteiger partial charge in [-0.15, -0.1) is 0 Å². The van der Waals surface area contributed by atoms with Crippen molar-refractivity contribution in [1.82, 2.24) is 20.4 Å². The van der Waals surface area contributed by atoms with E-state index in [1.165, 1.54) is 0 Å². The van der Waals surface area contributed by atoms with Crippen LogP contribution in [0, 0.1) is 0 Å². The Hall–Kier alpha value is -1.85. The van der Waals surface area contributed by atoms with Gasteiger partial charge in [-0.05, 0) is 39.5 Å². The number of aromatic amines is 1. The maximum absolute atomic E-state index is 12.8. The summed E-state index contributed by atoms with van der Waals surface area (Å²) < 4.78 is 0. The van der Waals surface area contributed by atoms with Crippen molar-refractivity contribution in [3.63, 3.8) is 0 Å². The van der Waals surface area contributed by atoms with Crippen LogP contribution in [0.2, 0.25) is 0 Å². The second-order valence-corrected chi connectivity index (χ2v) is 6.01. The first-order chi connectivity index (χ1) is 9.51. The van der Waals surface area contributed by atoms with Crippen molar-refractivity contribution >= 4 is 11.8 Å². The number of carbonyl (C=O) groups excluding carboxylic acids is 2. The Bertz CT molecular complexity index is 562. The molecule has 1 aliphatic heterocycles. The van der Waals surface area contributed by atoms with Gasteiger partial charge in [0.05, 0.1) is 0 Å². The average molecular weight is 276 g/mol. The van der Waals surface area contributed by atoms with E-state index in [1.54, 1.807) is 18.7 Å². The number of fused-ring (bicyclic) bond motifs is 1. The monoisotopic (exact) mass is 276 g/mol. The molecule has 2 aliphatic rings. The number of piperazine rings is 1. The van der Waals surface area contributed by atoms with Crippen LogP contribution in [0.5, 0.6) is 0 Å². The van der Waals surface area contributed by atoms with Crippen LogP contribution in [0.15, 0.2) is 0 Å². The third kappa shape index (κ3) is 1.90. The molecule has 0 radical (unpaired) electrons. The Morgan fingerprint density at radius 3 is 2.85 bits per heavy atom. The van der Waals surface area contributed by atoms with E-state index in [-0.39, 0.29) is 11.8 Å². The maximum Gasteiger partial charge on any atom is 0.275 e. The van der Waals surface area contributed by atoms with E-state index in [0.717, 1.165) is 36.9 Å². The lowest BCUT2D eigenvalue weighted by Crippen LogP contribution is -2.63. The Balaban J connectivity index is 1.92. The maximum atomic E-state index is 12.8. The number of nitrogens with zero attached hydrogens (tertiary/aromatic N) is 2. The first-order valence-corrected chi connectivity index (χ1v) is 7.18. The molecule has 0 unspecified atom stereocenters. The van der Waals surface area contributed by atoms with Gasteiger partial charge in [0.25, 0.3) is 5.91 Å². The van der Waals surface area contributed by atoms with Crippen LogP contribution in [0.4, 0.5) is 0 Å². The van der Waals surface area contributed by atoms with Gasteiger partial charge < -0.3 is 10.2 Å². The number of hydrogen-bond acceptors (Lipinski definition) is 3. The lowest BCUT2D eigenvalue weighted by atomic mass is 9.94. The summed E-state index contributed by atoms with van der Waals surface area (Å²) >= 11 is 0. The molecule has 0 saturated carbocycles. The molecule has 1 saturated heterocycles. The number of carbonyl (C=O) groups is 2. The Morgan fingerprint density at radius 2 is 2.05 bits per heavy atom. The molecule has 0 atom stereocenters. The lowest BCUT2D eigenvalue weighted by molar-refractivity contribution is -0.133. The summed E-state index contributed by atoms with van der Waals surface area (Å²) in [4.78, 5) is 26.3. The third-order valence-corrected chi connectivity index (χ3v) is 4.36. The molecule has 1 aromatic rings. The number of rotatable bonds is 1. The van der Waals surface area contributed by atoms with Gasteiger partial charge in [0.2, 0.25) is 5.91 Å². The molecule has 2 N–H and O–H groups in total. The number of aromatic nitrogens is 2. The van der Waals surface area contributed by atoms with E-state index in [4.69, 9.17) is 0 Å². The molecular weight excluding hydrogens is 256 g/mol. The fourth-order valence-corrected chi connectivity index (χ4v) is 3.04. The minimum atomic E-state index is -0.824. The highest BCUT2D eigenvalue weighted by atomic mass is 16.2. The lowest BCUT2D eigenvalue weighted by Gasteiger charge is -2.40. The molecule has 1 fully saturated rings. The van der Waals surface area contributed by atoms with Crippen molar-refractivity contribution in [2.24, 2.45) is 0 Å². The number of aryl methyl sites for hydroxylation is 1. The minimum Gasteiger partial charge on any atom is -0.352 e. The third-order valence-electron chi connectivity index (χ3n) is 4.36. The summed E-state index contributed by atoms with van der Waals surface area (Å²) in [5.41, 5.74) is 1.81. The van der Waals surface area contributed by atoms with Gasteiger partial charge in [-0.1, -0.05) is 0 Å². The summed E-state index contributed by atoms with van der Waals surface area (Å²) in [5.74, 6) is -0.245. The van der Waals surface area contributed by atoms with Gasteiger partial charge in [0.15, 0.2) is 5.69 Å². The zero-order valence-corrected chi connectivity index (χ0v) is 12.0. The normalized spacial score (nSPS) is 21.3. The smallest absolute Gasteiger partial charge is 0.275 e. The molecular formula is C14H20N4O2. The van der Waals surface area contributed by atoms with Crippen LogP contribution in [-0.4, -0.2) is 45.5 Å². The van der Waals surface area contributed by atoms with Crippen molar-refractivity contribution in [2.75, 3.05) is 13.1 Å². The van der Waals surface area contributed by atoms with E-state index in [1.807, 2.05) is 0 Å². The predicted octanol–water partition coefficient (Wildman–Crippen LogP) is 0.639. The van der Waals surface area contributed by atoms with E-state index in [9.17, 15) is 9.59 Å². The number of nitrogens with one attached hydrogen (secondary N) is 2. The second-order valence-electron chi connectivity index (χ2n) is 6.01. The molecule has 0 spiro atoms. The standard InChI is InChI=1S/C14H20N4O2/c1-14(2)13(20)15-7-8-18(14)12(19)11-9-5-3-4-6-10(9)16-17-11/h3-8H2,1-2H3,(H,15,20)(H,16,17). The number of amides is 2. The van der Waals surface area contributed by atoms with Crippen LogP contribution in [0.3, 0.4) is 0 Å². The molecule has 20 heavy (non-hydrogen) atoms. The van der Waals surface area contributed by atoms with Crippen molar-refractivity contribution in [2.45, 2.75) is 45.1 Å². The quantitative estimate of drug-likeness (QED) is 0.790. The van der Waals surface area contributed by atoms with Crippen molar-refractivity contribution < 1.29 is 9.59 Å². The van der Waals surface area contributed by atoms with Gasteiger partial charge in [0.1, 0.15) is 5.54 Å². The summed E-state index contributed by atoms with van der Waals surface area (Å²) in [6.07, 6.45) is 4.09. The molecule has 6 nitrogen and oxygen atoms in total. The second kappa shape index (κ2) is 4.61. The van der Waals surface area contributed by atoms with Gasteiger partial charge in [-0.2, -0.15) is 5.10 Å². The SMILES string of the molecule is CC1(C)C(=O)NCCN1C(=O)c1n[nH]c2c1CCCC2. The molecule has 6 heteroatoms. The van der Waals surface area contributed by atoms with E-state index < -0.39 is 5.54 Å². The highest BCUT2D eigenvalue weighted by Gasteiger charge is 2.42. The van der Waals surface area contributed by atoms with E-state index in [2.05, 4.69) is 15.5 Å². The van der Waals surface area contributed by atoms with Gasteiger partial charge in [-0.25, -0.2) is 0 Å². The predicted molar refractivity (Wildman–Crippen MR) is 73.4 cm³/mol. The highest BCUT2D eigenvalue weighted by molar-refractivity contribution is 5.99. The average Bonchev–Trinajstić information content (AvgIpc) is 2.85. The Morgan fingerprint density at radius 1 is 1.30 bits per heavy atom. The van der Waals surface area contributed by atoms with Gasteiger partial charge in [-0.3, -0.25) is 14.7 Å². The van der Waals surface area contributed by atoms with Crippen LogP contribution in [-0.2, 0) is 17.6 Å². The van der Waals surface area contributed by atoms with Gasteiger partial charge in [0, 0.05) is 24.3 Å². The molecule has 0 bridgehead atoms. The highest BCUT2D eigenvalue weighted by Crippen LogP contribution is 2.26. The van der Waals surface area contributed by atoms with Crippen molar-refractivity contribution in [3.8, 4) is 0 Å². The summed E-state index contributed by atoms with van der Waals surface area (Å²) in [6, 6.07) is 0. The molecule has 1 aromatic heterocycles. The molecule has 108 valence electrons. The fourth-order valence-electron chi connectivity index (χ4n) is 3.04. The number of H-pyrrole nitrogens is 1. The van der Waals surface area contributed by atoms with E-state index in [0.29, 0.717) is 18.8 Å². The number of hydrogen-bond donors (Lipinski definition) is 2. The fraction of sp³-hybridized carbons (Fsp3) is 0.643. The molecule has 2 amide bonds. The van der Waals surface area contributed by atoms with Crippen LogP contribution < -0.4 is 5.32 Å². The Labute approximate surface area is 117 Å². The molecule has 2 heterocycles. The summed E-state index contributed by atoms with van der Waals surface area (Å²) in [6.45, 7) is 4.58. The first-order valence-electron chi connectivity index (χ1n) is 7.18. The molecule has 3 rings (SSSR count). The van der Waals surface area contributed by atoms with Crippen LogP contribution in [0.1, 0.15) is 48.4 Å². The summed E-state index contributed by atoms with van der Waals surface area (Å²) in [5, 5.41) is 10.0. The summed E-state index contributed by atoms with van der Waals surface area (Å²) in [7, 11) is 0.